The fraction of sp³-hybridized carbons (Fsp3) is 0.370. The van der Waals surface area contributed by atoms with E-state index in [4.69, 9.17) is 9.15 Å². The Morgan fingerprint density at radius 3 is 2.50 bits per heavy atom. The molecule has 168 valence electrons. The highest BCUT2D eigenvalue weighted by Crippen LogP contribution is 2.39. The van der Waals surface area contributed by atoms with Gasteiger partial charge >= 0.3 is 0 Å². The first-order chi connectivity index (χ1) is 15.6. The van der Waals surface area contributed by atoms with Crippen molar-refractivity contribution in [2.24, 2.45) is 0 Å². The van der Waals surface area contributed by atoms with Crippen LogP contribution in [0, 0.1) is 0 Å². The van der Waals surface area contributed by atoms with Crippen molar-refractivity contribution in [2.75, 3.05) is 11.9 Å². The molecule has 0 aliphatic carbocycles. The highest BCUT2D eigenvalue weighted by Gasteiger charge is 2.42. The zero-order chi connectivity index (χ0) is 22.4. The molecular weight excluding hydrogens is 400 g/mol. The number of nitrogens with zero attached hydrogens (tertiary/aromatic N) is 1. The molecule has 1 atom stereocenters. The first-order valence-corrected chi connectivity index (χ1v) is 11.6. The van der Waals surface area contributed by atoms with Crippen LogP contribution < -0.4 is 10.1 Å². The predicted octanol–water partition coefficient (Wildman–Crippen LogP) is 6.57. The van der Waals surface area contributed by atoms with Crippen LogP contribution in [0.25, 0.3) is 0 Å². The smallest absolute Gasteiger partial charge is 0.258 e. The zero-order valence-electron chi connectivity index (χ0n) is 19.0. The number of furan rings is 1. The summed E-state index contributed by atoms with van der Waals surface area (Å²) in [5, 5.41) is 3.60. The minimum Gasteiger partial charge on any atom is -0.494 e. The van der Waals surface area contributed by atoms with Crippen molar-refractivity contribution in [3.63, 3.8) is 0 Å². The Bertz CT molecular complexity index is 1010. The van der Waals surface area contributed by atoms with E-state index in [9.17, 15) is 4.79 Å². The second-order valence-corrected chi connectivity index (χ2v) is 8.50. The van der Waals surface area contributed by atoms with Gasteiger partial charge in [-0.25, -0.2) is 0 Å². The van der Waals surface area contributed by atoms with Crippen LogP contribution in [0.15, 0.2) is 71.3 Å². The van der Waals surface area contributed by atoms with Crippen LogP contribution in [0.2, 0.25) is 0 Å². The topological polar surface area (TPSA) is 54.7 Å². The molecule has 0 radical (unpaired) electrons. The lowest BCUT2D eigenvalue weighted by Gasteiger charge is -2.46. The van der Waals surface area contributed by atoms with Gasteiger partial charge in [-0.1, -0.05) is 56.9 Å². The van der Waals surface area contributed by atoms with Crippen molar-refractivity contribution in [3.8, 4) is 5.75 Å². The summed E-state index contributed by atoms with van der Waals surface area (Å²) in [6.45, 7) is 5.36. The number of fused-ring (bicyclic) bond motifs is 1. The van der Waals surface area contributed by atoms with E-state index in [2.05, 4.69) is 12.2 Å². The Kier molecular flexibility index (Phi) is 6.84. The molecule has 0 bridgehead atoms. The standard InChI is InChI=1S/C27H32N2O3/c1-3-4-5-6-9-18-31-22-16-14-21(15-17-22)27(2)28-25-13-8-7-12-24(25)26(30)29(27)20-23-11-10-19-32-23/h7-8,10-17,19,28H,3-6,9,18,20H2,1-2H3. The Morgan fingerprint density at radius 2 is 1.75 bits per heavy atom. The van der Waals surface area contributed by atoms with E-state index in [1.54, 1.807) is 6.26 Å². The third-order valence-corrected chi connectivity index (χ3v) is 6.15. The number of anilines is 1. The molecule has 3 aromatic rings. The molecule has 5 nitrogen and oxygen atoms in total. The van der Waals surface area contributed by atoms with Crippen LogP contribution in [-0.2, 0) is 12.2 Å². The molecule has 4 rings (SSSR count). The van der Waals surface area contributed by atoms with Gasteiger partial charge in [0.15, 0.2) is 0 Å². The van der Waals surface area contributed by atoms with Crippen molar-refractivity contribution >= 4 is 11.6 Å². The molecule has 1 aliphatic rings. The van der Waals surface area contributed by atoms with Gasteiger partial charge in [0.2, 0.25) is 0 Å². The number of hydrogen-bond donors (Lipinski definition) is 1. The van der Waals surface area contributed by atoms with Crippen LogP contribution in [0.1, 0.15) is 67.6 Å². The number of rotatable bonds is 10. The molecular formula is C27H32N2O3. The molecule has 1 aliphatic heterocycles. The van der Waals surface area contributed by atoms with Gasteiger partial charge in [-0.15, -0.1) is 0 Å². The second-order valence-electron chi connectivity index (χ2n) is 8.50. The quantitative estimate of drug-likeness (QED) is 0.368. The Morgan fingerprint density at radius 1 is 0.969 bits per heavy atom. The van der Waals surface area contributed by atoms with Gasteiger partial charge in [0.25, 0.3) is 5.91 Å². The molecule has 0 spiro atoms. The minimum atomic E-state index is -0.725. The second kappa shape index (κ2) is 9.94. The number of para-hydroxylation sites is 1. The monoisotopic (exact) mass is 432 g/mol. The maximum atomic E-state index is 13.5. The van der Waals surface area contributed by atoms with E-state index >= 15 is 0 Å². The van der Waals surface area contributed by atoms with E-state index in [0.717, 1.165) is 35.8 Å². The van der Waals surface area contributed by atoms with Crippen molar-refractivity contribution in [2.45, 2.75) is 58.2 Å². The lowest BCUT2D eigenvalue weighted by molar-refractivity contribution is 0.0487. The number of amides is 1. The summed E-state index contributed by atoms with van der Waals surface area (Å²) in [4.78, 5) is 15.3. The van der Waals surface area contributed by atoms with Crippen LogP contribution >= 0.6 is 0 Å². The van der Waals surface area contributed by atoms with Gasteiger partial charge in [0, 0.05) is 5.69 Å². The number of carbonyl (C=O) groups excluding carboxylic acids is 1. The average Bonchev–Trinajstić information content (AvgIpc) is 3.33. The summed E-state index contributed by atoms with van der Waals surface area (Å²) in [5.41, 5.74) is 1.77. The summed E-state index contributed by atoms with van der Waals surface area (Å²) in [5.74, 6) is 1.58. The number of benzene rings is 2. The Hall–Kier alpha value is -3.21. The van der Waals surface area contributed by atoms with Gasteiger partial charge in [-0.3, -0.25) is 4.79 Å². The van der Waals surface area contributed by atoms with E-state index in [1.807, 2.05) is 72.5 Å². The first-order valence-electron chi connectivity index (χ1n) is 11.6. The molecule has 5 heteroatoms. The van der Waals surface area contributed by atoms with E-state index < -0.39 is 5.66 Å². The van der Waals surface area contributed by atoms with Crippen LogP contribution in [-0.4, -0.2) is 17.4 Å². The SMILES string of the molecule is CCCCCCCOc1ccc(C2(C)Nc3ccccc3C(=O)N2Cc2ccco2)cc1. The first kappa shape index (κ1) is 22.0. The lowest BCUT2D eigenvalue weighted by atomic mass is 9.93. The minimum absolute atomic E-state index is 0.0225. The van der Waals surface area contributed by atoms with E-state index in [0.29, 0.717) is 12.1 Å². The Labute approximate surface area is 190 Å². The maximum Gasteiger partial charge on any atom is 0.258 e. The van der Waals surface area contributed by atoms with Gasteiger partial charge in [-0.2, -0.15) is 0 Å². The van der Waals surface area contributed by atoms with Crippen molar-refractivity contribution in [3.05, 3.63) is 83.8 Å². The van der Waals surface area contributed by atoms with Crippen molar-refractivity contribution < 1.29 is 13.9 Å². The third kappa shape index (κ3) is 4.67. The summed E-state index contributed by atoms with van der Waals surface area (Å²) < 4.78 is 11.5. The largest absolute Gasteiger partial charge is 0.494 e. The number of nitrogens with one attached hydrogen (secondary N) is 1. The molecule has 1 unspecified atom stereocenters. The van der Waals surface area contributed by atoms with E-state index in [1.165, 1.54) is 25.7 Å². The van der Waals surface area contributed by atoms with E-state index in [-0.39, 0.29) is 5.91 Å². The maximum absolute atomic E-state index is 13.5. The zero-order valence-corrected chi connectivity index (χ0v) is 19.0. The fourth-order valence-electron chi connectivity index (χ4n) is 4.24. The average molecular weight is 433 g/mol. The van der Waals surface area contributed by atoms with Gasteiger partial charge < -0.3 is 19.4 Å². The third-order valence-electron chi connectivity index (χ3n) is 6.15. The normalized spacial score (nSPS) is 17.7. The van der Waals surface area contributed by atoms with Crippen LogP contribution in [0.3, 0.4) is 0 Å². The highest BCUT2D eigenvalue weighted by atomic mass is 16.5. The summed E-state index contributed by atoms with van der Waals surface area (Å²) in [7, 11) is 0. The molecule has 0 saturated carbocycles. The molecule has 0 fully saturated rings. The van der Waals surface area contributed by atoms with Gasteiger partial charge in [-0.05, 0) is 55.3 Å². The van der Waals surface area contributed by atoms with Gasteiger partial charge in [0.1, 0.15) is 17.2 Å². The molecule has 2 aromatic carbocycles. The number of hydrogen-bond acceptors (Lipinski definition) is 4. The lowest BCUT2D eigenvalue weighted by Crippen LogP contribution is -2.55. The molecule has 1 N–H and O–H groups in total. The van der Waals surface area contributed by atoms with Gasteiger partial charge in [0.05, 0.1) is 25.0 Å². The summed E-state index contributed by atoms with van der Waals surface area (Å²) in [6, 6.07) is 19.4. The number of unbranched alkanes of at least 4 members (excludes halogenated alkanes) is 4. The fourth-order valence-corrected chi connectivity index (χ4v) is 4.24. The van der Waals surface area contributed by atoms with Crippen molar-refractivity contribution in [1.82, 2.24) is 4.90 Å². The van der Waals surface area contributed by atoms with Crippen LogP contribution in [0.4, 0.5) is 5.69 Å². The predicted molar refractivity (Wildman–Crippen MR) is 127 cm³/mol. The number of ether oxygens (including phenoxy) is 1. The van der Waals surface area contributed by atoms with Crippen LogP contribution in [0.5, 0.6) is 5.75 Å². The van der Waals surface area contributed by atoms with Crippen molar-refractivity contribution in [1.29, 1.82) is 0 Å². The Balaban J connectivity index is 1.53. The molecule has 2 heterocycles. The molecule has 32 heavy (non-hydrogen) atoms. The molecule has 1 amide bonds. The summed E-state index contributed by atoms with van der Waals surface area (Å²) in [6.07, 6.45) is 7.72. The number of carbonyl (C=O) groups is 1. The molecule has 1 aromatic heterocycles. The summed E-state index contributed by atoms with van der Waals surface area (Å²) >= 11 is 0. The highest BCUT2D eigenvalue weighted by molar-refractivity contribution is 6.02. The molecule has 0 saturated heterocycles.